The largest absolute Gasteiger partial charge is 0.373 e. The summed E-state index contributed by atoms with van der Waals surface area (Å²) in [6.07, 6.45) is -0.220. The van der Waals surface area contributed by atoms with Gasteiger partial charge in [-0.2, -0.15) is 0 Å². The third-order valence-electron chi connectivity index (χ3n) is 2.71. The molecule has 0 fully saturated rings. The van der Waals surface area contributed by atoms with Gasteiger partial charge in [0.1, 0.15) is 6.10 Å². The van der Waals surface area contributed by atoms with Gasteiger partial charge in [0.15, 0.2) is 5.78 Å². The summed E-state index contributed by atoms with van der Waals surface area (Å²) in [4.78, 5) is 12.2. The molecular formula is C14H18Cl2O2. The summed E-state index contributed by atoms with van der Waals surface area (Å²) in [5.41, 5.74) is 0.497. The molecular weight excluding hydrogens is 271 g/mol. The molecule has 0 aliphatic heterocycles. The Labute approximate surface area is 118 Å². The molecule has 0 aromatic heterocycles. The molecule has 1 aromatic carbocycles. The molecule has 100 valence electrons. The van der Waals surface area contributed by atoms with Crippen LogP contribution in [0.15, 0.2) is 18.2 Å². The van der Waals surface area contributed by atoms with Gasteiger partial charge in [-0.3, -0.25) is 4.79 Å². The van der Waals surface area contributed by atoms with Crippen LogP contribution in [0, 0.1) is 5.41 Å². The van der Waals surface area contributed by atoms with Gasteiger partial charge in [-0.25, -0.2) is 0 Å². The van der Waals surface area contributed by atoms with Crippen LogP contribution in [0.1, 0.15) is 26.3 Å². The second-order valence-electron chi connectivity index (χ2n) is 5.34. The predicted molar refractivity (Wildman–Crippen MR) is 75.4 cm³/mol. The van der Waals surface area contributed by atoms with Gasteiger partial charge in [0.25, 0.3) is 0 Å². The van der Waals surface area contributed by atoms with E-state index in [1.165, 1.54) is 0 Å². The Balaban J connectivity index is 2.90. The number of carbonyl (C=O) groups is 1. The molecule has 0 heterocycles. The van der Waals surface area contributed by atoms with Crippen LogP contribution in [0.25, 0.3) is 0 Å². The maximum Gasteiger partial charge on any atom is 0.166 e. The highest BCUT2D eigenvalue weighted by Crippen LogP contribution is 2.28. The zero-order valence-corrected chi connectivity index (χ0v) is 12.6. The van der Waals surface area contributed by atoms with Crippen molar-refractivity contribution in [3.8, 4) is 0 Å². The van der Waals surface area contributed by atoms with Crippen LogP contribution in [0.3, 0.4) is 0 Å². The van der Waals surface area contributed by atoms with Gasteiger partial charge in [0.2, 0.25) is 0 Å². The maximum absolute atomic E-state index is 12.2. The van der Waals surface area contributed by atoms with Gasteiger partial charge in [-0.05, 0) is 17.0 Å². The first-order valence-corrected chi connectivity index (χ1v) is 6.51. The number of carbonyl (C=O) groups excluding carboxylic acids is 1. The highest BCUT2D eigenvalue weighted by atomic mass is 35.5. The fourth-order valence-electron chi connectivity index (χ4n) is 1.93. The zero-order chi connectivity index (χ0) is 13.9. The molecule has 0 saturated carbocycles. The van der Waals surface area contributed by atoms with Crippen molar-refractivity contribution in [1.82, 2.24) is 0 Å². The monoisotopic (exact) mass is 288 g/mol. The van der Waals surface area contributed by atoms with Gasteiger partial charge >= 0.3 is 0 Å². The molecule has 0 aliphatic rings. The topological polar surface area (TPSA) is 26.3 Å². The SMILES string of the molecule is COC(C(=O)Cc1cccc(Cl)c1Cl)C(C)(C)C. The standard InChI is InChI=1S/C14H18Cl2O2/c1-14(2,3)13(18-4)11(17)8-9-6-5-7-10(15)12(9)16/h5-7,13H,8H2,1-4H3. The van der Waals surface area contributed by atoms with Crippen molar-refractivity contribution >= 4 is 29.0 Å². The number of ketones is 1. The molecule has 1 rings (SSSR count). The molecule has 0 radical (unpaired) electrons. The van der Waals surface area contributed by atoms with E-state index < -0.39 is 6.10 Å². The van der Waals surface area contributed by atoms with Gasteiger partial charge in [-0.1, -0.05) is 56.1 Å². The zero-order valence-electron chi connectivity index (χ0n) is 11.1. The van der Waals surface area contributed by atoms with Crippen LogP contribution >= 0.6 is 23.2 Å². The van der Waals surface area contributed by atoms with Crippen LogP contribution < -0.4 is 0 Å². The van der Waals surface area contributed by atoms with E-state index in [2.05, 4.69) is 0 Å². The molecule has 0 aliphatic carbocycles. The summed E-state index contributed by atoms with van der Waals surface area (Å²) in [6, 6.07) is 5.30. The summed E-state index contributed by atoms with van der Waals surface area (Å²) in [6.45, 7) is 5.91. The number of halogens is 2. The Morgan fingerprint density at radius 2 is 1.94 bits per heavy atom. The van der Waals surface area contributed by atoms with E-state index in [4.69, 9.17) is 27.9 Å². The Kier molecular flexibility index (Phi) is 5.20. The lowest BCUT2D eigenvalue weighted by Crippen LogP contribution is -2.37. The van der Waals surface area contributed by atoms with Gasteiger partial charge in [0, 0.05) is 13.5 Å². The van der Waals surface area contributed by atoms with Crippen LogP contribution in [-0.4, -0.2) is 19.0 Å². The van der Waals surface area contributed by atoms with Crippen LogP contribution in [0.4, 0.5) is 0 Å². The van der Waals surface area contributed by atoms with E-state index in [0.29, 0.717) is 10.0 Å². The average Bonchev–Trinajstić information content (AvgIpc) is 2.23. The van der Waals surface area contributed by atoms with Gasteiger partial charge < -0.3 is 4.74 Å². The van der Waals surface area contributed by atoms with E-state index in [9.17, 15) is 4.79 Å². The van der Waals surface area contributed by atoms with Crippen molar-refractivity contribution < 1.29 is 9.53 Å². The van der Waals surface area contributed by atoms with Crippen molar-refractivity contribution in [2.75, 3.05) is 7.11 Å². The van der Waals surface area contributed by atoms with Crippen LogP contribution in [0.2, 0.25) is 10.0 Å². The summed E-state index contributed by atoms with van der Waals surface area (Å²) in [5, 5.41) is 0.906. The Hall–Kier alpha value is -0.570. The molecule has 0 N–H and O–H groups in total. The lowest BCUT2D eigenvalue weighted by molar-refractivity contribution is -0.134. The third kappa shape index (κ3) is 3.71. The van der Waals surface area contributed by atoms with Crippen LogP contribution in [-0.2, 0) is 16.0 Å². The normalized spacial score (nSPS) is 13.4. The van der Waals surface area contributed by atoms with E-state index in [0.717, 1.165) is 5.56 Å². The molecule has 0 spiro atoms. The van der Waals surface area contributed by atoms with Crippen molar-refractivity contribution in [3.63, 3.8) is 0 Å². The second kappa shape index (κ2) is 6.05. The molecule has 4 heteroatoms. The molecule has 2 nitrogen and oxygen atoms in total. The van der Waals surface area contributed by atoms with Gasteiger partial charge in [-0.15, -0.1) is 0 Å². The summed E-state index contributed by atoms with van der Waals surface area (Å²) in [7, 11) is 1.55. The number of hydrogen-bond donors (Lipinski definition) is 0. The highest BCUT2D eigenvalue weighted by molar-refractivity contribution is 6.42. The Morgan fingerprint density at radius 1 is 1.33 bits per heavy atom. The predicted octanol–water partition coefficient (Wildman–Crippen LogP) is 4.17. The van der Waals surface area contributed by atoms with Crippen molar-refractivity contribution in [2.24, 2.45) is 5.41 Å². The van der Waals surface area contributed by atoms with Gasteiger partial charge in [0.05, 0.1) is 10.0 Å². The first kappa shape index (κ1) is 15.5. The quantitative estimate of drug-likeness (QED) is 0.831. The Morgan fingerprint density at radius 3 is 2.44 bits per heavy atom. The number of benzene rings is 1. The smallest absolute Gasteiger partial charge is 0.166 e. The molecule has 18 heavy (non-hydrogen) atoms. The number of rotatable bonds is 4. The molecule has 0 bridgehead atoms. The van der Waals surface area contributed by atoms with E-state index in [1.807, 2.05) is 26.8 Å². The minimum absolute atomic E-state index is 0.00849. The molecule has 1 unspecified atom stereocenters. The molecule has 1 atom stereocenters. The van der Waals surface area contributed by atoms with E-state index >= 15 is 0 Å². The minimum Gasteiger partial charge on any atom is -0.373 e. The van der Waals surface area contributed by atoms with E-state index in [-0.39, 0.29) is 17.6 Å². The first-order chi connectivity index (χ1) is 8.27. The lowest BCUT2D eigenvalue weighted by Gasteiger charge is -2.28. The lowest BCUT2D eigenvalue weighted by atomic mass is 9.84. The number of ether oxygens (including phenoxy) is 1. The van der Waals surface area contributed by atoms with Crippen molar-refractivity contribution in [2.45, 2.75) is 33.3 Å². The first-order valence-electron chi connectivity index (χ1n) is 5.75. The molecule has 0 saturated heterocycles. The van der Waals surface area contributed by atoms with E-state index in [1.54, 1.807) is 19.2 Å². The van der Waals surface area contributed by atoms with Crippen molar-refractivity contribution in [3.05, 3.63) is 33.8 Å². The summed E-state index contributed by atoms with van der Waals surface area (Å²) in [5.74, 6) is 0.00849. The Bertz CT molecular complexity index is 436. The maximum atomic E-state index is 12.2. The number of Topliss-reactive ketones (excluding diaryl/α,β-unsaturated/α-hetero) is 1. The number of hydrogen-bond acceptors (Lipinski definition) is 2. The highest BCUT2D eigenvalue weighted by Gasteiger charge is 2.31. The second-order valence-corrected chi connectivity index (χ2v) is 6.12. The third-order valence-corrected chi connectivity index (χ3v) is 3.57. The minimum atomic E-state index is -0.451. The molecule has 0 amide bonds. The summed E-state index contributed by atoms with van der Waals surface area (Å²) >= 11 is 12.0. The van der Waals surface area contributed by atoms with Crippen LogP contribution in [0.5, 0.6) is 0 Å². The molecule has 1 aromatic rings. The average molecular weight is 289 g/mol. The summed E-state index contributed by atoms with van der Waals surface area (Å²) < 4.78 is 5.29. The van der Waals surface area contributed by atoms with Crippen molar-refractivity contribution in [1.29, 1.82) is 0 Å². The fourth-order valence-corrected chi connectivity index (χ4v) is 2.32. The number of methoxy groups -OCH3 is 1. The fraction of sp³-hybridized carbons (Fsp3) is 0.500.